The second-order valence-electron chi connectivity index (χ2n) is 7.93. The summed E-state index contributed by atoms with van der Waals surface area (Å²) in [6.45, 7) is 2.83. The minimum absolute atomic E-state index is 0.0665. The molecule has 0 aromatic heterocycles. The van der Waals surface area contributed by atoms with Gasteiger partial charge in [-0.3, -0.25) is 9.59 Å². The van der Waals surface area contributed by atoms with Gasteiger partial charge in [-0.25, -0.2) is 0 Å². The first-order valence-electron chi connectivity index (χ1n) is 9.73. The van der Waals surface area contributed by atoms with Crippen LogP contribution in [-0.4, -0.2) is 36.3 Å². The Hall–Kier alpha value is -2.62. The largest absolute Gasteiger partial charge is 0.356 e. The fourth-order valence-corrected chi connectivity index (χ4v) is 4.69. The Morgan fingerprint density at radius 2 is 1.67 bits per heavy atom. The van der Waals surface area contributed by atoms with Crippen LogP contribution in [0.15, 0.2) is 48.5 Å². The summed E-state index contributed by atoms with van der Waals surface area (Å²) in [6, 6.07) is 16.2. The molecule has 0 unspecified atom stereocenters. The number of nitrogens with zero attached hydrogens (tertiary/aromatic N) is 1. The molecular weight excluding hydrogens is 336 g/mol. The van der Waals surface area contributed by atoms with Crippen LogP contribution in [0, 0.1) is 18.8 Å². The Bertz CT molecular complexity index is 876. The number of nitrogens with one attached hydrogen (secondary N) is 1. The van der Waals surface area contributed by atoms with Crippen molar-refractivity contribution in [3.63, 3.8) is 0 Å². The third kappa shape index (κ3) is 3.36. The molecule has 2 fully saturated rings. The smallest absolute Gasteiger partial charge is 0.254 e. The van der Waals surface area contributed by atoms with Crippen LogP contribution in [-0.2, 0) is 4.79 Å². The summed E-state index contributed by atoms with van der Waals surface area (Å²) in [5, 5.41) is 2.97. The molecule has 1 saturated heterocycles. The predicted octanol–water partition coefficient (Wildman–Crippen LogP) is 3.65. The van der Waals surface area contributed by atoms with E-state index in [2.05, 4.69) is 24.4 Å². The van der Waals surface area contributed by atoms with Gasteiger partial charge < -0.3 is 10.2 Å². The van der Waals surface area contributed by atoms with Crippen molar-refractivity contribution in [3.05, 3.63) is 59.7 Å². The van der Waals surface area contributed by atoms with Gasteiger partial charge >= 0.3 is 0 Å². The molecule has 4 nitrogen and oxygen atoms in total. The van der Waals surface area contributed by atoms with E-state index in [9.17, 15) is 9.59 Å². The number of benzene rings is 2. The van der Waals surface area contributed by atoms with Gasteiger partial charge in [-0.1, -0.05) is 42.5 Å². The van der Waals surface area contributed by atoms with Gasteiger partial charge in [0.05, 0.1) is 0 Å². The Morgan fingerprint density at radius 3 is 2.44 bits per heavy atom. The van der Waals surface area contributed by atoms with Crippen molar-refractivity contribution >= 4 is 11.8 Å². The summed E-state index contributed by atoms with van der Waals surface area (Å²) in [5.74, 6) is 1.12. The molecule has 2 aliphatic rings. The molecular formula is C23H26N2O2. The minimum Gasteiger partial charge on any atom is -0.356 e. The van der Waals surface area contributed by atoms with E-state index >= 15 is 0 Å². The molecule has 1 aliphatic carbocycles. The Kier molecular flexibility index (Phi) is 4.73. The first-order valence-corrected chi connectivity index (χ1v) is 9.73. The lowest BCUT2D eigenvalue weighted by molar-refractivity contribution is -0.124. The maximum Gasteiger partial charge on any atom is 0.254 e. The second kappa shape index (κ2) is 7.18. The minimum atomic E-state index is 0.0665. The van der Waals surface area contributed by atoms with Crippen LogP contribution < -0.4 is 5.32 Å². The predicted molar refractivity (Wildman–Crippen MR) is 106 cm³/mol. The number of aryl methyl sites for hydroxylation is 1. The number of piperidine rings is 1. The zero-order chi connectivity index (χ0) is 19.0. The lowest BCUT2D eigenvalue weighted by atomic mass is 9.89. The summed E-state index contributed by atoms with van der Waals surface area (Å²) >= 11 is 0. The molecule has 1 aliphatic heterocycles. The topological polar surface area (TPSA) is 49.4 Å². The summed E-state index contributed by atoms with van der Waals surface area (Å²) in [7, 11) is 1.91. The third-order valence-electron chi connectivity index (χ3n) is 6.29. The van der Waals surface area contributed by atoms with E-state index in [0.29, 0.717) is 18.3 Å². The Labute approximate surface area is 160 Å². The first-order chi connectivity index (χ1) is 13.0. The van der Waals surface area contributed by atoms with E-state index in [-0.39, 0.29) is 17.9 Å². The Balaban J connectivity index is 1.59. The van der Waals surface area contributed by atoms with Gasteiger partial charge in [0, 0.05) is 31.6 Å². The van der Waals surface area contributed by atoms with Crippen LogP contribution in [0.2, 0.25) is 0 Å². The number of carbonyl (C=O) groups excluding carboxylic acids is 2. The highest BCUT2D eigenvalue weighted by atomic mass is 16.2. The van der Waals surface area contributed by atoms with Crippen molar-refractivity contribution in [2.45, 2.75) is 32.2 Å². The summed E-state index contributed by atoms with van der Waals surface area (Å²) in [5.41, 5.74) is 4.00. The maximum atomic E-state index is 13.4. The van der Waals surface area contributed by atoms with E-state index in [0.717, 1.165) is 41.6 Å². The molecule has 0 radical (unpaired) electrons. The monoisotopic (exact) mass is 362 g/mol. The molecule has 3 atom stereocenters. The van der Waals surface area contributed by atoms with Crippen LogP contribution in [0.3, 0.4) is 0 Å². The molecule has 0 bridgehead atoms. The van der Waals surface area contributed by atoms with Gasteiger partial charge in [0.1, 0.15) is 0 Å². The second-order valence-corrected chi connectivity index (χ2v) is 7.93. The van der Waals surface area contributed by atoms with Crippen molar-refractivity contribution in [1.29, 1.82) is 0 Å². The highest BCUT2D eigenvalue weighted by Gasteiger charge is 2.40. The van der Waals surface area contributed by atoms with E-state index in [1.807, 2.05) is 48.3 Å². The van der Waals surface area contributed by atoms with Crippen molar-refractivity contribution < 1.29 is 9.59 Å². The lowest BCUT2D eigenvalue weighted by Gasteiger charge is -2.26. The van der Waals surface area contributed by atoms with Crippen molar-refractivity contribution in [1.82, 2.24) is 10.2 Å². The SMILES string of the molecule is Cc1ccccc1-c1ccccc1C(=O)N(C)[C@H]1C[C@H]2CNC(=O)C[C@H]2C1. The molecule has 4 rings (SSSR count). The number of hydrogen-bond donors (Lipinski definition) is 1. The maximum absolute atomic E-state index is 13.4. The third-order valence-corrected chi connectivity index (χ3v) is 6.29. The van der Waals surface area contributed by atoms with Gasteiger partial charge in [0.15, 0.2) is 0 Å². The zero-order valence-electron chi connectivity index (χ0n) is 15.9. The van der Waals surface area contributed by atoms with Crippen molar-refractivity contribution in [2.75, 3.05) is 13.6 Å². The molecule has 0 spiro atoms. The van der Waals surface area contributed by atoms with Crippen LogP contribution in [0.5, 0.6) is 0 Å². The van der Waals surface area contributed by atoms with E-state index in [1.165, 1.54) is 0 Å². The Morgan fingerprint density at radius 1 is 1.00 bits per heavy atom. The van der Waals surface area contributed by atoms with Crippen LogP contribution in [0.1, 0.15) is 35.2 Å². The molecule has 140 valence electrons. The summed E-state index contributed by atoms with van der Waals surface area (Å²) in [4.78, 5) is 26.9. The van der Waals surface area contributed by atoms with Gasteiger partial charge in [-0.2, -0.15) is 0 Å². The molecule has 1 N–H and O–H groups in total. The molecule has 2 amide bonds. The molecule has 1 heterocycles. The highest BCUT2D eigenvalue weighted by molar-refractivity contribution is 6.01. The van der Waals surface area contributed by atoms with E-state index in [1.54, 1.807) is 0 Å². The summed E-state index contributed by atoms with van der Waals surface area (Å²) in [6.07, 6.45) is 2.50. The van der Waals surface area contributed by atoms with Gasteiger partial charge in [-0.15, -0.1) is 0 Å². The van der Waals surface area contributed by atoms with Crippen LogP contribution in [0.25, 0.3) is 11.1 Å². The number of fused-ring (bicyclic) bond motifs is 1. The highest BCUT2D eigenvalue weighted by Crippen LogP contribution is 2.39. The molecule has 27 heavy (non-hydrogen) atoms. The quantitative estimate of drug-likeness (QED) is 0.906. The van der Waals surface area contributed by atoms with E-state index in [4.69, 9.17) is 0 Å². The standard InChI is InChI=1S/C23H26N2O2/c1-15-7-3-4-8-19(15)20-9-5-6-10-21(20)23(27)25(2)18-11-16-13-22(26)24-14-17(16)12-18/h3-10,16-18H,11-14H2,1-2H3,(H,24,26)/t16-,17+,18-/m1/s1. The molecule has 2 aromatic carbocycles. The normalized spacial score (nSPS) is 24.2. The average Bonchev–Trinajstić information content (AvgIpc) is 3.10. The number of hydrogen-bond acceptors (Lipinski definition) is 2. The lowest BCUT2D eigenvalue weighted by Crippen LogP contribution is -2.38. The fourth-order valence-electron chi connectivity index (χ4n) is 4.69. The number of rotatable bonds is 3. The van der Waals surface area contributed by atoms with Crippen molar-refractivity contribution in [3.8, 4) is 11.1 Å². The molecule has 1 saturated carbocycles. The van der Waals surface area contributed by atoms with Crippen LogP contribution in [0.4, 0.5) is 0 Å². The van der Waals surface area contributed by atoms with Gasteiger partial charge in [0.25, 0.3) is 5.91 Å². The zero-order valence-corrected chi connectivity index (χ0v) is 15.9. The summed E-state index contributed by atoms with van der Waals surface area (Å²) < 4.78 is 0. The van der Waals surface area contributed by atoms with Gasteiger partial charge in [-0.05, 0) is 54.4 Å². The number of carbonyl (C=O) groups is 2. The molecule has 2 aromatic rings. The molecule has 4 heteroatoms. The van der Waals surface area contributed by atoms with Gasteiger partial charge in [0.2, 0.25) is 5.91 Å². The van der Waals surface area contributed by atoms with Crippen molar-refractivity contribution in [2.24, 2.45) is 11.8 Å². The van der Waals surface area contributed by atoms with Crippen LogP contribution >= 0.6 is 0 Å². The number of amides is 2. The van der Waals surface area contributed by atoms with E-state index < -0.39 is 0 Å². The first kappa shape index (κ1) is 17.8. The fraction of sp³-hybridized carbons (Fsp3) is 0.391. The average molecular weight is 362 g/mol.